The highest BCUT2D eigenvalue weighted by Crippen LogP contribution is 2.65. The molecule has 2 aliphatic rings. The summed E-state index contributed by atoms with van der Waals surface area (Å²) >= 11 is 0. The summed E-state index contributed by atoms with van der Waals surface area (Å²) in [6, 6.07) is 67.2. The van der Waals surface area contributed by atoms with Gasteiger partial charge >= 0.3 is 0 Å². The van der Waals surface area contributed by atoms with Crippen LogP contribution in [0.4, 0.5) is 0 Å². The molecule has 3 heteroatoms. The van der Waals surface area contributed by atoms with Crippen LogP contribution < -0.4 is 0 Å². The van der Waals surface area contributed by atoms with Crippen molar-refractivity contribution in [3.63, 3.8) is 0 Å². The number of fused-ring (bicyclic) bond motifs is 12. The number of nitrogens with zero attached hydrogens (tertiary/aromatic N) is 3. The summed E-state index contributed by atoms with van der Waals surface area (Å²) in [6.07, 6.45) is 0. The normalized spacial score (nSPS) is 13.1. The van der Waals surface area contributed by atoms with E-state index in [1.165, 1.54) is 49.9 Å². The lowest BCUT2D eigenvalue weighted by atomic mass is 9.69. The van der Waals surface area contributed by atoms with E-state index in [2.05, 4.69) is 164 Å². The molecule has 0 saturated carbocycles. The standard InChI is InChI=1S/C50H31N3/c1-3-16-32(17-4-1)34-21-15-22-36(30-34)48-51-47(33-18-5-2-6-19-33)52-49(53-48)41-31-35-20-7-8-23-37(35)46-45(41)40-26-11-14-29-44(40)50(46)42-27-12-9-24-38(42)39-25-10-13-28-43(39)50/h1-31H. The lowest BCUT2D eigenvalue weighted by Gasteiger charge is -2.31. The van der Waals surface area contributed by atoms with Crippen LogP contribution >= 0.6 is 0 Å². The molecule has 0 bridgehead atoms. The Hall–Kier alpha value is -6.97. The molecule has 0 saturated heterocycles. The second kappa shape index (κ2) is 11.5. The molecule has 246 valence electrons. The van der Waals surface area contributed by atoms with Gasteiger partial charge in [0.2, 0.25) is 0 Å². The van der Waals surface area contributed by atoms with E-state index in [1.54, 1.807) is 0 Å². The molecule has 1 spiro atoms. The Kier molecular flexibility index (Phi) is 6.47. The van der Waals surface area contributed by atoms with Gasteiger partial charge in [-0.15, -0.1) is 0 Å². The molecule has 1 aromatic heterocycles. The fourth-order valence-corrected chi connectivity index (χ4v) is 8.96. The molecule has 0 amide bonds. The van der Waals surface area contributed by atoms with E-state index < -0.39 is 5.41 Å². The minimum Gasteiger partial charge on any atom is -0.208 e. The lowest BCUT2D eigenvalue weighted by Crippen LogP contribution is -2.26. The van der Waals surface area contributed by atoms with Gasteiger partial charge in [0, 0.05) is 16.7 Å². The average molecular weight is 674 g/mol. The van der Waals surface area contributed by atoms with Crippen molar-refractivity contribution < 1.29 is 0 Å². The molecule has 8 aromatic carbocycles. The van der Waals surface area contributed by atoms with Crippen LogP contribution in [0.3, 0.4) is 0 Å². The van der Waals surface area contributed by atoms with Crippen molar-refractivity contribution in [1.29, 1.82) is 0 Å². The zero-order chi connectivity index (χ0) is 34.9. The average Bonchev–Trinajstić information content (AvgIpc) is 3.72. The summed E-state index contributed by atoms with van der Waals surface area (Å²) in [5.74, 6) is 1.95. The molecule has 53 heavy (non-hydrogen) atoms. The monoisotopic (exact) mass is 673 g/mol. The fraction of sp³-hybridized carbons (Fsp3) is 0.0200. The maximum absolute atomic E-state index is 5.37. The molecule has 3 nitrogen and oxygen atoms in total. The molecule has 0 N–H and O–H groups in total. The van der Waals surface area contributed by atoms with Crippen LogP contribution in [0.5, 0.6) is 0 Å². The molecule has 9 aromatic rings. The van der Waals surface area contributed by atoms with Crippen molar-refractivity contribution in [2.24, 2.45) is 0 Å². The van der Waals surface area contributed by atoms with Crippen LogP contribution in [0.15, 0.2) is 188 Å². The molecule has 0 aliphatic heterocycles. The first-order chi connectivity index (χ1) is 26.3. The Bertz CT molecular complexity index is 2850. The quantitative estimate of drug-likeness (QED) is 0.187. The molecule has 11 rings (SSSR count). The van der Waals surface area contributed by atoms with Gasteiger partial charge in [0.15, 0.2) is 17.5 Å². The van der Waals surface area contributed by atoms with Gasteiger partial charge in [0.25, 0.3) is 0 Å². The highest BCUT2D eigenvalue weighted by Gasteiger charge is 2.53. The highest BCUT2D eigenvalue weighted by molar-refractivity contribution is 6.08. The van der Waals surface area contributed by atoms with Gasteiger partial charge in [0.05, 0.1) is 5.41 Å². The van der Waals surface area contributed by atoms with Gasteiger partial charge in [-0.05, 0) is 78.5 Å². The number of rotatable bonds is 4. The predicted octanol–water partition coefficient (Wildman–Crippen LogP) is 12.0. The second-order valence-electron chi connectivity index (χ2n) is 13.9. The van der Waals surface area contributed by atoms with Crippen LogP contribution in [0, 0.1) is 0 Å². The van der Waals surface area contributed by atoms with Crippen molar-refractivity contribution in [2.45, 2.75) is 5.41 Å². The van der Waals surface area contributed by atoms with Gasteiger partial charge in [-0.3, -0.25) is 0 Å². The topological polar surface area (TPSA) is 38.7 Å². The van der Waals surface area contributed by atoms with E-state index in [0.29, 0.717) is 17.5 Å². The van der Waals surface area contributed by atoms with E-state index >= 15 is 0 Å². The maximum atomic E-state index is 5.37. The third-order valence-corrected chi connectivity index (χ3v) is 11.1. The molecule has 0 atom stereocenters. The Labute approximate surface area is 308 Å². The van der Waals surface area contributed by atoms with Crippen LogP contribution in [0.1, 0.15) is 22.3 Å². The molecular formula is C50H31N3. The van der Waals surface area contributed by atoms with Crippen LogP contribution in [0.2, 0.25) is 0 Å². The van der Waals surface area contributed by atoms with E-state index in [9.17, 15) is 0 Å². The second-order valence-corrected chi connectivity index (χ2v) is 13.9. The molecule has 1 heterocycles. The third-order valence-electron chi connectivity index (χ3n) is 11.1. The SMILES string of the molecule is c1ccc(-c2cccc(-c3nc(-c4ccccc4)nc(-c4cc5ccccc5c5c4-c4ccccc4C54c5ccccc5-c5ccccc54)n3)c2)cc1. The zero-order valence-corrected chi connectivity index (χ0v) is 28.7. The van der Waals surface area contributed by atoms with E-state index in [-0.39, 0.29) is 0 Å². The Morgan fingerprint density at radius 1 is 0.321 bits per heavy atom. The Balaban J connectivity index is 1.25. The molecule has 2 aliphatic carbocycles. The van der Waals surface area contributed by atoms with Gasteiger partial charge < -0.3 is 0 Å². The van der Waals surface area contributed by atoms with Crippen LogP contribution in [-0.2, 0) is 5.41 Å². The molecule has 0 radical (unpaired) electrons. The van der Waals surface area contributed by atoms with Crippen LogP contribution in [0.25, 0.3) is 78.3 Å². The smallest absolute Gasteiger partial charge is 0.164 e. The van der Waals surface area contributed by atoms with Gasteiger partial charge in [0.1, 0.15) is 0 Å². The maximum Gasteiger partial charge on any atom is 0.164 e. The van der Waals surface area contributed by atoms with Crippen molar-refractivity contribution in [3.05, 3.63) is 210 Å². The molecule has 0 unspecified atom stereocenters. The van der Waals surface area contributed by atoms with Gasteiger partial charge in [-0.25, -0.2) is 15.0 Å². The van der Waals surface area contributed by atoms with Crippen molar-refractivity contribution in [2.75, 3.05) is 0 Å². The van der Waals surface area contributed by atoms with E-state index in [4.69, 9.17) is 15.0 Å². The molecule has 0 fully saturated rings. The first kappa shape index (κ1) is 29.7. The highest BCUT2D eigenvalue weighted by atomic mass is 15.0. The number of hydrogen-bond donors (Lipinski definition) is 0. The summed E-state index contributed by atoms with van der Waals surface area (Å²) in [7, 11) is 0. The summed E-state index contributed by atoms with van der Waals surface area (Å²) in [4.78, 5) is 15.8. The summed E-state index contributed by atoms with van der Waals surface area (Å²) in [5.41, 5.74) is 14.8. The van der Waals surface area contributed by atoms with Crippen molar-refractivity contribution in [3.8, 4) is 67.5 Å². The first-order valence-electron chi connectivity index (χ1n) is 18.1. The molecular weight excluding hydrogens is 643 g/mol. The first-order valence-corrected chi connectivity index (χ1v) is 18.1. The van der Waals surface area contributed by atoms with Gasteiger partial charge in [-0.2, -0.15) is 0 Å². The number of hydrogen-bond acceptors (Lipinski definition) is 3. The number of aromatic nitrogens is 3. The van der Waals surface area contributed by atoms with E-state index in [0.717, 1.165) is 33.2 Å². The largest absolute Gasteiger partial charge is 0.208 e. The lowest BCUT2D eigenvalue weighted by molar-refractivity contribution is 0.801. The van der Waals surface area contributed by atoms with E-state index in [1.807, 2.05) is 24.3 Å². The minimum absolute atomic E-state index is 0.503. The Morgan fingerprint density at radius 2 is 0.811 bits per heavy atom. The summed E-state index contributed by atoms with van der Waals surface area (Å²) in [5, 5.41) is 2.40. The zero-order valence-electron chi connectivity index (χ0n) is 28.7. The number of benzene rings is 8. The summed E-state index contributed by atoms with van der Waals surface area (Å²) < 4.78 is 0. The predicted molar refractivity (Wildman–Crippen MR) is 215 cm³/mol. The van der Waals surface area contributed by atoms with Crippen molar-refractivity contribution in [1.82, 2.24) is 15.0 Å². The van der Waals surface area contributed by atoms with Gasteiger partial charge in [-0.1, -0.05) is 176 Å². The fourth-order valence-electron chi connectivity index (χ4n) is 8.96. The van der Waals surface area contributed by atoms with Crippen LogP contribution in [-0.4, -0.2) is 15.0 Å². The summed E-state index contributed by atoms with van der Waals surface area (Å²) in [6.45, 7) is 0. The Morgan fingerprint density at radius 3 is 1.51 bits per heavy atom. The third kappa shape index (κ3) is 4.31. The van der Waals surface area contributed by atoms with Crippen molar-refractivity contribution >= 4 is 10.8 Å². The minimum atomic E-state index is -0.503.